The number of aryl methyl sites for hydroxylation is 4. The van der Waals surface area contributed by atoms with Crippen molar-refractivity contribution < 1.29 is 37.4 Å². The van der Waals surface area contributed by atoms with Crippen LogP contribution in [0.5, 0.6) is 0 Å². The first-order chi connectivity index (χ1) is 33.9. The fourth-order valence-electron chi connectivity index (χ4n) is 10.4. The molecule has 4 amide bonds. The summed E-state index contributed by atoms with van der Waals surface area (Å²) in [6.07, 6.45) is 4.78. The zero-order valence-electron chi connectivity index (χ0n) is 40.3. The van der Waals surface area contributed by atoms with Crippen LogP contribution in [0.4, 0.5) is 18.4 Å². The lowest BCUT2D eigenvalue weighted by Crippen LogP contribution is -2.51. The van der Waals surface area contributed by atoms with Crippen LogP contribution in [0, 0.1) is 11.8 Å². The Bertz CT molecular complexity index is 2700. The van der Waals surface area contributed by atoms with Crippen LogP contribution in [0.1, 0.15) is 99.4 Å². The Morgan fingerprint density at radius 2 is 1.04 bits per heavy atom. The van der Waals surface area contributed by atoms with Gasteiger partial charge < -0.3 is 39.9 Å². The molecule has 4 unspecified atom stereocenters. The van der Waals surface area contributed by atoms with Crippen LogP contribution in [-0.4, -0.2) is 105 Å². The van der Waals surface area contributed by atoms with Gasteiger partial charge in [-0.25, -0.2) is 28.3 Å². The minimum absolute atomic E-state index is 0.208. The van der Waals surface area contributed by atoms with Gasteiger partial charge in [0, 0.05) is 13.1 Å². The second kappa shape index (κ2) is 21.0. The van der Waals surface area contributed by atoms with Crippen molar-refractivity contribution in [3.8, 4) is 22.3 Å². The number of ether oxygens (including phenoxy) is 2. The predicted octanol–water partition coefficient (Wildman–Crippen LogP) is 9.42. The second-order valence-electron chi connectivity index (χ2n) is 19.5. The number of hydrogen-bond donors (Lipinski definition) is 4. The summed E-state index contributed by atoms with van der Waals surface area (Å²) in [5, 5.41) is 5.31. The number of alkyl halides is 2. The number of alkyl carbamates (subject to hydrolysis) is 2. The highest BCUT2D eigenvalue weighted by Crippen LogP contribution is 2.37. The summed E-state index contributed by atoms with van der Waals surface area (Å²) >= 11 is 0. The standard InChI is InChI=1S/C54H62F2N8O6/c1-31(2)47(61-53(67)69-25-21-55)51(65)63-23-5-7-45(63)49-57-41-19-17-37(29-43(41)59-49)39-27-33-9-13-35(39)15-11-34-10-14-36(16-12-33)40(28-34)38-18-20-42-44(30-38)60-50(58-42)46-8-6-24-64(46)52(66)48(32(3)4)62-54(68)70-26-22-56/h9-10,13-14,17-20,27-32,45-48H,5-8,11-12,15-16,21-26H2,1-4H3,(H,57,59)(H,58,60)(H,61,67)(H,62,68). The predicted molar refractivity (Wildman–Crippen MR) is 263 cm³/mol. The normalized spacial score (nSPS) is 17.8. The first-order valence-electron chi connectivity index (χ1n) is 24.7. The summed E-state index contributed by atoms with van der Waals surface area (Å²) in [5.41, 5.74) is 12.9. The minimum atomic E-state index is -0.819. The van der Waals surface area contributed by atoms with Gasteiger partial charge in [0.15, 0.2) is 0 Å². The Morgan fingerprint density at radius 3 is 1.44 bits per heavy atom. The van der Waals surface area contributed by atoms with Gasteiger partial charge in [-0.2, -0.15) is 0 Å². The molecule has 0 spiro atoms. The van der Waals surface area contributed by atoms with Gasteiger partial charge >= 0.3 is 12.2 Å². The number of carbonyl (C=O) groups is 4. The lowest BCUT2D eigenvalue weighted by Gasteiger charge is -2.30. The molecule has 16 heteroatoms. The van der Waals surface area contributed by atoms with E-state index in [1.807, 2.05) is 39.8 Å². The minimum Gasteiger partial charge on any atom is -0.447 e. The number of hydrogen-bond acceptors (Lipinski definition) is 8. The number of carbonyl (C=O) groups excluding carboxylic acids is 4. The van der Waals surface area contributed by atoms with Crippen molar-refractivity contribution in [2.45, 2.75) is 103 Å². The summed E-state index contributed by atoms with van der Waals surface area (Å²) < 4.78 is 35.1. The molecule has 70 heavy (non-hydrogen) atoms. The van der Waals surface area contributed by atoms with Crippen LogP contribution in [0.15, 0.2) is 72.8 Å². The summed E-state index contributed by atoms with van der Waals surface area (Å²) in [6, 6.07) is 24.1. The van der Waals surface area contributed by atoms with E-state index in [0.29, 0.717) is 24.7 Å². The lowest BCUT2D eigenvalue weighted by atomic mass is 9.87. The van der Waals surface area contributed by atoms with E-state index < -0.39 is 37.6 Å². The van der Waals surface area contributed by atoms with Crippen LogP contribution in [-0.2, 0) is 44.7 Å². The van der Waals surface area contributed by atoms with E-state index in [1.54, 1.807) is 9.80 Å². The van der Waals surface area contributed by atoms with Gasteiger partial charge in [0.1, 0.15) is 50.3 Å². The Balaban J connectivity index is 0.920. The highest BCUT2D eigenvalue weighted by molar-refractivity contribution is 5.89. The number of halogens is 2. The molecule has 12 rings (SSSR count). The molecule has 6 aromatic rings. The van der Waals surface area contributed by atoms with Crippen molar-refractivity contribution in [2.24, 2.45) is 11.8 Å². The molecule has 4 N–H and O–H groups in total. The summed E-state index contributed by atoms with van der Waals surface area (Å²) in [5.74, 6) is 0.568. The van der Waals surface area contributed by atoms with Crippen LogP contribution in [0.25, 0.3) is 44.3 Å². The topological polar surface area (TPSA) is 175 Å². The zero-order chi connectivity index (χ0) is 49.1. The second-order valence-corrected chi connectivity index (χ2v) is 19.5. The molecule has 4 heterocycles. The molecule has 368 valence electrons. The van der Waals surface area contributed by atoms with E-state index in [1.165, 1.54) is 33.4 Å². The van der Waals surface area contributed by atoms with E-state index in [4.69, 9.17) is 19.4 Å². The molecule has 4 atom stereocenters. The molecule has 0 radical (unpaired) electrons. The molecule has 14 nitrogen and oxygen atoms in total. The Hall–Kier alpha value is -6.84. The Kier molecular flexibility index (Phi) is 14.5. The number of imidazole rings is 2. The first-order valence-corrected chi connectivity index (χ1v) is 24.7. The average Bonchev–Trinajstić information content (AvgIpc) is 4.19. The van der Waals surface area contributed by atoms with Crippen molar-refractivity contribution in [3.05, 3.63) is 107 Å². The highest BCUT2D eigenvalue weighted by Gasteiger charge is 2.39. The van der Waals surface area contributed by atoms with Crippen LogP contribution in [0.2, 0.25) is 0 Å². The van der Waals surface area contributed by atoms with Crippen molar-refractivity contribution in [3.63, 3.8) is 0 Å². The number of rotatable bonds is 14. The Morgan fingerprint density at radius 1 is 0.614 bits per heavy atom. The number of nitrogens with zero attached hydrogens (tertiary/aromatic N) is 4. The Labute approximate surface area is 406 Å². The third-order valence-electron chi connectivity index (χ3n) is 14.1. The van der Waals surface area contributed by atoms with E-state index in [-0.39, 0.29) is 48.9 Å². The van der Waals surface area contributed by atoms with Gasteiger partial charge in [0.2, 0.25) is 11.8 Å². The quantitative estimate of drug-likeness (QED) is 0.0836. The van der Waals surface area contributed by atoms with Gasteiger partial charge in [-0.15, -0.1) is 0 Å². The van der Waals surface area contributed by atoms with Crippen LogP contribution < -0.4 is 10.6 Å². The molecule has 4 bridgehead atoms. The van der Waals surface area contributed by atoms with Gasteiger partial charge in [-0.05, 0) is 132 Å². The molecular formula is C54H62F2N8O6. The van der Waals surface area contributed by atoms with E-state index in [2.05, 4.69) is 81.3 Å². The number of likely N-dealkylation sites (tertiary alicyclic amines) is 2. The van der Waals surface area contributed by atoms with Crippen molar-refractivity contribution in [1.29, 1.82) is 0 Å². The molecule has 2 saturated heterocycles. The number of aromatic amines is 2. The van der Waals surface area contributed by atoms with E-state index >= 15 is 0 Å². The third-order valence-corrected chi connectivity index (χ3v) is 14.1. The maximum absolute atomic E-state index is 13.9. The zero-order valence-corrected chi connectivity index (χ0v) is 40.3. The number of fused-ring (bicyclic) bond motifs is 2. The largest absolute Gasteiger partial charge is 0.447 e. The molecule has 0 saturated carbocycles. The average molecular weight is 957 g/mol. The van der Waals surface area contributed by atoms with Crippen molar-refractivity contribution in [2.75, 3.05) is 39.7 Å². The molecule has 6 aliphatic rings. The number of amides is 4. The fourth-order valence-corrected chi connectivity index (χ4v) is 10.4. The lowest BCUT2D eigenvalue weighted by molar-refractivity contribution is -0.136. The van der Waals surface area contributed by atoms with Gasteiger partial charge in [-0.1, -0.05) is 76.2 Å². The first kappa shape index (κ1) is 48.2. The summed E-state index contributed by atoms with van der Waals surface area (Å²) in [6.45, 7) is 6.19. The van der Waals surface area contributed by atoms with Crippen LogP contribution >= 0.6 is 0 Å². The van der Waals surface area contributed by atoms with Gasteiger partial charge in [0.05, 0.1) is 34.2 Å². The van der Waals surface area contributed by atoms with E-state index in [0.717, 1.165) is 84.6 Å². The van der Waals surface area contributed by atoms with E-state index in [9.17, 15) is 28.0 Å². The van der Waals surface area contributed by atoms with Crippen LogP contribution in [0.3, 0.4) is 0 Å². The molecule has 4 aliphatic carbocycles. The number of H-pyrrole nitrogens is 2. The maximum Gasteiger partial charge on any atom is 0.407 e. The monoisotopic (exact) mass is 956 g/mol. The van der Waals surface area contributed by atoms with Crippen molar-refractivity contribution in [1.82, 2.24) is 40.4 Å². The highest BCUT2D eigenvalue weighted by atomic mass is 19.1. The third kappa shape index (κ3) is 10.2. The number of nitrogens with one attached hydrogen (secondary N) is 4. The molecular weight excluding hydrogens is 895 g/mol. The smallest absolute Gasteiger partial charge is 0.407 e. The number of benzene rings is 4. The molecule has 2 aliphatic heterocycles. The summed E-state index contributed by atoms with van der Waals surface area (Å²) in [7, 11) is 0. The van der Waals surface area contributed by atoms with Gasteiger partial charge in [-0.3, -0.25) is 9.59 Å². The van der Waals surface area contributed by atoms with Gasteiger partial charge in [0.25, 0.3) is 0 Å². The fraction of sp³-hybridized carbons (Fsp3) is 0.444. The van der Waals surface area contributed by atoms with Crippen molar-refractivity contribution >= 4 is 46.1 Å². The molecule has 2 fully saturated rings. The summed E-state index contributed by atoms with van der Waals surface area (Å²) in [4.78, 5) is 73.1. The molecule has 2 aromatic heterocycles. The SMILES string of the molecule is CC(C)C(NC(=O)OCCF)C(=O)N1CCCC1c1nc2ccc(-c3cc4ccc3CCc3ccc(c(-c5ccc6nc(C7CCCN7C(=O)C(NC(=O)OCCF)C(C)C)[nH]c6c5)c3)CC4)cc2[nH]1. The number of aromatic nitrogens is 4. The maximum atomic E-state index is 13.9. The molecule has 4 aromatic carbocycles.